The molecule has 1 aromatic heterocycles. The van der Waals surface area contributed by atoms with Gasteiger partial charge in [-0.3, -0.25) is 4.68 Å². The topological polar surface area (TPSA) is 17.8 Å². The summed E-state index contributed by atoms with van der Waals surface area (Å²) in [5.74, 6) is 0.664. The number of nitrogens with zero attached hydrogens (tertiary/aromatic N) is 2. The van der Waals surface area contributed by atoms with Gasteiger partial charge in [-0.1, -0.05) is 11.6 Å². The first-order valence-electron chi connectivity index (χ1n) is 3.49. The van der Waals surface area contributed by atoms with Crippen molar-refractivity contribution < 1.29 is 0 Å². The predicted octanol–water partition coefficient (Wildman–Crippen LogP) is 2.47. The Hall–Kier alpha value is -0.210. The third-order valence-corrected chi connectivity index (χ3v) is 2.19. The predicted molar refractivity (Wildman–Crippen MR) is 47.3 cm³/mol. The molecule has 0 atom stereocenters. The average molecular weight is 193 g/mol. The van der Waals surface area contributed by atoms with Crippen LogP contribution in [0.25, 0.3) is 0 Å². The number of aryl methyl sites for hydroxylation is 1. The molecule has 1 heterocycles. The van der Waals surface area contributed by atoms with Crippen LogP contribution in [0.2, 0.25) is 5.02 Å². The smallest absolute Gasteiger partial charge is 0.0814 e. The monoisotopic (exact) mass is 192 g/mol. The molecule has 1 aromatic rings. The Balaban J connectivity index is 2.63. The Morgan fingerprint density at radius 1 is 1.64 bits per heavy atom. The van der Waals surface area contributed by atoms with E-state index in [2.05, 4.69) is 5.10 Å². The molecule has 0 aliphatic heterocycles. The van der Waals surface area contributed by atoms with Gasteiger partial charge in [0.05, 0.1) is 16.9 Å². The lowest BCUT2D eigenvalue weighted by atomic mass is 10.4. The van der Waals surface area contributed by atoms with E-state index in [1.807, 2.05) is 11.6 Å². The summed E-state index contributed by atoms with van der Waals surface area (Å²) in [6.45, 7) is 2.80. The number of hydrogen-bond acceptors (Lipinski definition) is 1. The van der Waals surface area contributed by atoms with Crippen LogP contribution in [0.1, 0.15) is 12.1 Å². The molecular weight excluding hydrogens is 183 g/mol. The first kappa shape index (κ1) is 8.88. The largest absolute Gasteiger partial charge is 0.268 e. The van der Waals surface area contributed by atoms with Crippen molar-refractivity contribution in [1.82, 2.24) is 9.78 Å². The van der Waals surface area contributed by atoms with Crippen LogP contribution in [0.4, 0.5) is 0 Å². The highest BCUT2D eigenvalue weighted by Crippen LogP contribution is 2.13. The molecule has 4 heteroatoms. The Kier molecular flexibility index (Phi) is 3.21. The van der Waals surface area contributed by atoms with E-state index in [4.69, 9.17) is 23.2 Å². The van der Waals surface area contributed by atoms with Gasteiger partial charge in [0.15, 0.2) is 0 Å². The number of aromatic nitrogens is 2. The molecule has 2 nitrogen and oxygen atoms in total. The van der Waals surface area contributed by atoms with E-state index in [0.717, 1.165) is 23.7 Å². The van der Waals surface area contributed by atoms with Gasteiger partial charge in [0.2, 0.25) is 0 Å². The van der Waals surface area contributed by atoms with Gasteiger partial charge in [-0.15, -0.1) is 11.6 Å². The van der Waals surface area contributed by atoms with Crippen molar-refractivity contribution in [2.75, 3.05) is 5.88 Å². The summed E-state index contributed by atoms with van der Waals surface area (Å²) in [7, 11) is 0. The van der Waals surface area contributed by atoms with Gasteiger partial charge in [-0.25, -0.2) is 0 Å². The van der Waals surface area contributed by atoms with Crippen LogP contribution in [0.15, 0.2) is 6.20 Å². The number of rotatable bonds is 3. The Labute approximate surface area is 76.1 Å². The minimum atomic E-state index is 0.664. The van der Waals surface area contributed by atoms with Crippen LogP contribution in [0, 0.1) is 6.92 Å². The van der Waals surface area contributed by atoms with Crippen LogP contribution >= 0.6 is 23.2 Å². The molecule has 62 valence electrons. The standard InChI is InChI=1S/C7H10Cl2N2/c1-6-7(9)5-10-11(6)4-2-3-8/h5H,2-4H2,1H3. The molecule has 0 N–H and O–H groups in total. The van der Waals surface area contributed by atoms with Crippen LogP contribution in [-0.2, 0) is 6.54 Å². The maximum Gasteiger partial charge on any atom is 0.0814 e. The van der Waals surface area contributed by atoms with E-state index in [0.29, 0.717) is 5.88 Å². The molecule has 11 heavy (non-hydrogen) atoms. The normalized spacial score (nSPS) is 10.5. The number of hydrogen-bond donors (Lipinski definition) is 0. The molecule has 0 fully saturated rings. The molecule has 0 unspecified atom stereocenters. The SMILES string of the molecule is Cc1c(Cl)cnn1CCCCl. The molecule has 1 rings (SSSR count). The Morgan fingerprint density at radius 3 is 2.82 bits per heavy atom. The lowest BCUT2D eigenvalue weighted by Crippen LogP contribution is -2.02. The van der Waals surface area contributed by atoms with Crippen LogP contribution in [0.3, 0.4) is 0 Å². The highest BCUT2D eigenvalue weighted by Gasteiger charge is 2.01. The molecule has 0 amide bonds. The van der Waals surface area contributed by atoms with Gasteiger partial charge >= 0.3 is 0 Å². The van der Waals surface area contributed by atoms with Crippen molar-refractivity contribution in [3.05, 3.63) is 16.9 Å². The van der Waals surface area contributed by atoms with Crippen molar-refractivity contribution in [2.45, 2.75) is 19.9 Å². The van der Waals surface area contributed by atoms with E-state index >= 15 is 0 Å². The van der Waals surface area contributed by atoms with Crippen molar-refractivity contribution in [2.24, 2.45) is 0 Å². The second-order valence-corrected chi connectivity index (χ2v) is 3.13. The molecule has 0 bridgehead atoms. The summed E-state index contributed by atoms with van der Waals surface area (Å²) >= 11 is 11.3. The molecule has 0 spiro atoms. The van der Waals surface area contributed by atoms with Crippen molar-refractivity contribution in [3.63, 3.8) is 0 Å². The van der Waals surface area contributed by atoms with Crippen LogP contribution in [-0.4, -0.2) is 15.7 Å². The quantitative estimate of drug-likeness (QED) is 0.674. The van der Waals surface area contributed by atoms with Gasteiger partial charge in [0, 0.05) is 12.4 Å². The summed E-state index contributed by atoms with van der Waals surface area (Å²) in [4.78, 5) is 0. The maximum absolute atomic E-state index is 5.79. The van der Waals surface area contributed by atoms with Gasteiger partial charge in [0.25, 0.3) is 0 Å². The Morgan fingerprint density at radius 2 is 2.36 bits per heavy atom. The van der Waals surface area contributed by atoms with Crippen molar-refractivity contribution >= 4 is 23.2 Å². The summed E-state index contributed by atoms with van der Waals surface area (Å²) in [6.07, 6.45) is 2.59. The lowest BCUT2D eigenvalue weighted by Gasteiger charge is -2.00. The minimum absolute atomic E-state index is 0.664. The van der Waals surface area contributed by atoms with E-state index in [9.17, 15) is 0 Å². The fourth-order valence-corrected chi connectivity index (χ4v) is 1.12. The maximum atomic E-state index is 5.79. The highest BCUT2D eigenvalue weighted by atomic mass is 35.5. The second kappa shape index (κ2) is 3.98. The third kappa shape index (κ3) is 2.11. The zero-order chi connectivity index (χ0) is 8.27. The van der Waals surface area contributed by atoms with E-state index in [1.54, 1.807) is 6.20 Å². The molecular formula is C7H10Cl2N2. The molecule has 0 saturated carbocycles. The zero-order valence-electron chi connectivity index (χ0n) is 6.35. The fourth-order valence-electron chi connectivity index (χ4n) is 0.859. The van der Waals surface area contributed by atoms with Crippen LogP contribution in [0.5, 0.6) is 0 Å². The summed E-state index contributed by atoms with van der Waals surface area (Å²) in [6, 6.07) is 0. The molecule has 0 aliphatic carbocycles. The fraction of sp³-hybridized carbons (Fsp3) is 0.571. The van der Waals surface area contributed by atoms with Crippen molar-refractivity contribution in [3.8, 4) is 0 Å². The number of alkyl halides is 1. The van der Waals surface area contributed by atoms with Crippen molar-refractivity contribution in [1.29, 1.82) is 0 Å². The second-order valence-electron chi connectivity index (χ2n) is 2.34. The van der Waals surface area contributed by atoms with E-state index in [1.165, 1.54) is 0 Å². The molecule has 0 radical (unpaired) electrons. The molecule has 0 aromatic carbocycles. The van der Waals surface area contributed by atoms with Gasteiger partial charge in [0.1, 0.15) is 0 Å². The van der Waals surface area contributed by atoms with E-state index in [-0.39, 0.29) is 0 Å². The van der Waals surface area contributed by atoms with E-state index < -0.39 is 0 Å². The molecule has 0 aliphatic rings. The summed E-state index contributed by atoms with van der Waals surface area (Å²) in [5, 5.41) is 4.80. The highest BCUT2D eigenvalue weighted by molar-refractivity contribution is 6.31. The first-order valence-corrected chi connectivity index (χ1v) is 4.41. The average Bonchev–Trinajstić information content (AvgIpc) is 2.31. The first-order chi connectivity index (χ1) is 5.25. The summed E-state index contributed by atoms with van der Waals surface area (Å²) < 4.78 is 1.87. The van der Waals surface area contributed by atoms with Gasteiger partial charge < -0.3 is 0 Å². The zero-order valence-corrected chi connectivity index (χ0v) is 7.86. The number of halogens is 2. The minimum Gasteiger partial charge on any atom is -0.268 e. The lowest BCUT2D eigenvalue weighted by molar-refractivity contribution is 0.589. The van der Waals surface area contributed by atoms with Gasteiger partial charge in [-0.05, 0) is 13.3 Å². The van der Waals surface area contributed by atoms with Crippen LogP contribution < -0.4 is 0 Å². The molecule has 0 saturated heterocycles. The van der Waals surface area contributed by atoms with Gasteiger partial charge in [-0.2, -0.15) is 5.10 Å². The third-order valence-electron chi connectivity index (χ3n) is 1.55. The Bertz CT molecular complexity index is 232. The summed E-state index contributed by atoms with van der Waals surface area (Å²) in [5.41, 5.74) is 1.01.